The molecule has 0 fully saturated rings. The van der Waals surface area contributed by atoms with E-state index < -0.39 is 17.5 Å². The molecule has 108 valence electrons. The molecule has 1 aromatic carbocycles. The highest BCUT2D eigenvalue weighted by molar-refractivity contribution is 5.31. The number of halogens is 1. The zero-order valence-corrected chi connectivity index (χ0v) is 12.1. The molecule has 1 aromatic rings. The number of hydrogen-bond acceptors (Lipinski definition) is 3. The predicted molar refractivity (Wildman–Crippen MR) is 72.9 cm³/mol. The Morgan fingerprint density at radius 1 is 1.26 bits per heavy atom. The van der Waals surface area contributed by atoms with Gasteiger partial charge in [0.05, 0.1) is 12.7 Å². The van der Waals surface area contributed by atoms with Crippen molar-refractivity contribution in [3.05, 3.63) is 29.6 Å². The van der Waals surface area contributed by atoms with E-state index in [2.05, 4.69) is 0 Å². The minimum absolute atomic E-state index is 0.248. The molecule has 0 aromatic heterocycles. The maximum atomic E-state index is 14.0. The Balaban J connectivity index is 3.12. The highest BCUT2D eigenvalue weighted by Crippen LogP contribution is 2.37. The minimum atomic E-state index is -0.992. The first-order valence-corrected chi connectivity index (χ1v) is 6.70. The smallest absolute Gasteiger partial charge is 0.132 e. The molecule has 0 bridgehead atoms. The number of ether oxygens (including phenoxy) is 2. The molecule has 0 aliphatic rings. The average molecular weight is 270 g/mol. The summed E-state index contributed by atoms with van der Waals surface area (Å²) in [5.74, 6) is -0.0405. The number of benzene rings is 1. The summed E-state index contributed by atoms with van der Waals surface area (Å²) in [5, 5.41) is 10.5. The third kappa shape index (κ3) is 3.25. The third-order valence-electron chi connectivity index (χ3n) is 3.63. The Kier molecular flexibility index (Phi) is 5.76. The van der Waals surface area contributed by atoms with Gasteiger partial charge < -0.3 is 14.6 Å². The Labute approximate surface area is 114 Å². The van der Waals surface area contributed by atoms with E-state index in [1.54, 1.807) is 12.1 Å². The monoisotopic (exact) mass is 270 g/mol. The summed E-state index contributed by atoms with van der Waals surface area (Å²) in [4.78, 5) is 0. The molecule has 0 spiro atoms. The Morgan fingerprint density at radius 2 is 1.89 bits per heavy atom. The molecule has 0 heterocycles. The molecule has 0 aliphatic heterocycles. The first-order chi connectivity index (χ1) is 9.04. The maximum Gasteiger partial charge on any atom is 0.132 e. The summed E-state index contributed by atoms with van der Waals surface area (Å²) in [5.41, 5.74) is -0.498. The Hall–Kier alpha value is -1.13. The van der Waals surface area contributed by atoms with E-state index in [0.717, 1.165) is 0 Å². The van der Waals surface area contributed by atoms with Gasteiger partial charge in [0.15, 0.2) is 0 Å². The van der Waals surface area contributed by atoms with Crippen molar-refractivity contribution in [2.24, 2.45) is 0 Å². The lowest BCUT2D eigenvalue weighted by atomic mass is 9.85. The summed E-state index contributed by atoms with van der Waals surface area (Å²) in [6, 6.07) is 4.47. The van der Waals surface area contributed by atoms with E-state index in [1.165, 1.54) is 13.2 Å². The number of aliphatic hydroxyl groups is 1. The van der Waals surface area contributed by atoms with Gasteiger partial charge in [0.25, 0.3) is 0 Å². The van der Waals surface area contributed by atoms with E-state index in [1.807, 2.05) is 20.8 Å². The van der Waals surface area contributed by atoms with Crippen molar-refractivity contribution >= 4 is 0 Å². The fourth-order valence-corrected chi connectivity index (χ4v) is 2.35. The molecule has 1 unspecified atom stereocenters. The first-order valence-electron chi connectivity index (χ1n) is 6.70. The predicted octanol–water partition coefficient (Wildman–Crippen LogP) is 3.46. The van der Waals surface area contributed by atoms with Crippen LogP contribution in [-0.4, -0.2) is 24.4 Å². The molecule has 0 saturated heterocycles. The van der Waals surface area contributed by atoms with Gasteiger partial charge >= 0.3 is 0 Å². The fraction of sp³-hybridized carbons (Fsp3) is 0.600. The van der Waals surface area contributed by atoms with Crippen LogP contribution in [0.25, 0.3) is 0 Å². The van der Waals surface area contributed by atoms with Crippen LogP contribution in [-0.2, 0) is 4.74 Å². The van der Waals surface area contributed by atoms with Gasteiger partial charge in [-0.3, -0.25) is 0 Å². The molecule has 4 heteroatoms. The van der Waals surface area contributed by atoms with Crippen LogP contribution in [0.2, 0.25) is 0 Å². The van der Waals surface area contributed by atoms with Crippen molar-refractivity contribution in [3.63, 3.8) is 0 Å². The van der Waals surface area contributed by atoms with Gasteiger partial charge in [-0.15, -0.1) is 0 Å². The van der Waals surface area contributed by atoms with Crippen LogP contribution in [0.5, 0.6) is 5.75 Å². The highest BCUT2D eigenvalue weighted by atomic mass is 19.1. The zero-order valence-electron chi connectivity index (χ0n) is 12.1. The van der Waals surface area contributed by atoms with Gasteiger partial charge in [0.2, 0.25) is 0 Å². The van der Waals surface area contributed by atoms with E-state index in [0.29, 0.717) is 25.2 Å². The summed E-state index contributed by atoms with van der Waals surface area (Å²) in [7, 11) is 1.48. The second-order valence-electron chi connectivity index (χ2n) is 4.49. The van der Waals surface area contributed by atoms with Gasteiger partial charge in [-0.05, 0) is 31.9 Å². The second kappa shape index (κ2) is 6.87. The minimum Gasteiger partial charge on any atom is -0.497 e. The van der Waals surface area contributed by atoms with E-state index >= 15 is 0 Å². The molecule has 3 nitrogen and oxygen atoms in total. The molecule has 0 amide bonds. The molecular weight excluding hydrogens is 247 g/mol. The molecular formula is C15H23FO3. The van der Waals surface area contributed by atoms with Crippen LogP contribution < -0.4 is 4.74 Å². The van der Waals surface area contributed by atoms with Crippen molar-refractivity contribution < 1.29 is 19.0 Å². The molecule has 0 radical (unpaired) electrons. The molecule has 19 heavy (non-hydrogen) atoms. The van der Waals surface area contributed by atoms with Gasteiger partial charge in [-0.2, -0.15) is 0 Å². The average Bonchev–Trinajstić information content (AvgIpc) is 2.44. The van der Waals surface area contributed by atoms with Gasteiger partial charge in [0, 0.05) is 18.2 Å². The third-order valence-corrected chi connectivity index (χ3v) is 3.63. The lowest BCUT2D eigenvalue weighted by Gasteiger charge is -2.36. The highest BCUT2D eigenvalue weighted by Gasteiger charge is 2.37. The molecule has 0 saturated carbocycles. The number of methoxy groups -OCH3 is 1. The topological polar surface area (TPSA) is 38.7 Å². The van der Waals surface area contributed by atoms with Crippen LogP contribution >= 0.6 is 0 Å². The van der Waals surface area contributed by atoms with Crippen LogP contribution in [0.3, 0.4) is 0 Å². The van der Waals surface area contributed by atoms with Gasteiger partial charge in [-0.1, -0.05) is 13.8 Å². The van der Waals surface area contributed by atoms with E-state index in [4.69, 9.17) is 9.47 Å². The first kappa shape index (κ1) is 15.9. The molecule has 1 rings (SSSR count). The quantitative estimate of drug-likeness (QED) is 0.824. The summed E-state index contributed by atoms with van der Waals surface area (Å²) < 4.78 is 24.7. The van der Waals surface area contributed by atoms with Crippen molar-refractivity contribution in [2.75, 3.05) is 13.7 Å². The summed E-state index contributed by atoms with van der Waals surface area (Å²) >= 11 is 0. The van der Waals surface area contributed by atoms with Crippen LogP contribution in [0.4, 0.5) is 4.39 Å². The molecule has 0 aliphatic carbocycles. The Morgan fingerprint density at radius 3 is 2.32 bits per heavy atom. The SMILES string of the molecule is CCOC(CC)(CC)C(O)c1ccc(OC)cc1F. The van der Waals surface area contributed by atoms with Crippen LogP contribution in [0.15, 0.2) is 18.2 Å². The fourth-order valence-electron chi connectivity index (χ4n) is 2.35. The van der Waals surface area contributed by atoms with E-state index in [-0.39, 0.29) is 5.56 Å². The largest absolute Gasteiger partial charge is 0.497 e. The number of hydrogen-bond donors (Lipinski definition) is 1. The van der Waals surface area contributed by atoms with Gasteiger partial charge in [0.1, 0.15) is 17.7 Å². The zero-order chi connectivity index (χ0) is 14.5. The van der Waals surface area contributed by atoms with Crippen LogP contribution in [0, 0.1) is 5.82 Å². The normalized spacial score (nSPS) is 13.4. The molecule has 1 N–H and O–H groups in total. The maximum absolute atomic E-state index is 14.0. The Bertz CT molecular complexity index is 402. The second-order valence-corrected chi connectivity index (χ2v) is 4.49. The van der Waals surface area contributed by atoms with Crippen molar-refractivity contribution in [3.8, 4) is 5.75 Å². The lowest BCUT2D eigenvalue weighted by molar-refractivity contribution is -0.128. The number of rotatable bonds is 7. The van der Waals surface area contributed by atoms with Crippen molar-refractivity contribution in [1.29, 1.82) is 0 Å². The van der Waals surface area contributed by atoms with Crippen molar-refractivity contribution in [1.82, 2.24) is 0 Å². The van der Waals surface area contributed by atoms with Crippen molar-refractivity contribution in [2.45, 2.75) is 45.3 Å². The summed E-state index contributed by atoms with van der Waals surface area (Å²) in [6.45, 7) is 6.22. The summed E-state index contributed by atoms with van der Waals surface area (Å²) in [6.07, 6.45) is 0.238. The van der Waals surface area contributed by atoms with Crippen LogP contribution in [0.1, 0.15) is 45.3 Å². The standard InChI is InChI=1S/C15H23FO3/c1-5-15(6-2,19-7-3)14(17)12-9-8-11(18-4)10-13(12)16/h8-10,14,17H,5-7H2,1-4H3. The van der Waals surface area contributed by atoms with E-state index in [9.17, 15) is 9.50 Å². The number of aliphatic hydroxyl groups excluding tert-OH is 1. The molecule has 1 atom stereocenters. The lowest BCUT2D eigenvalue weighted by Crippen LogP contribution is -2.38. The van der Waals surface area contributed by atoms with Gasteiger partial charge in [-0.25, -0.2) is 4.39 Å².